The van der Waals surface area contributed by atoms with Gasteiger partial charge in [0.1, 0.15) is 5.75 Å². The zero-order valence-electron chi connectivity index (χ0n) is 9.45. The first-order valence-electron chi connectivity index (χ1n) is 5.00. The fourth-order valence-electron chi connectivity index (χ4n) is 1.43. The Hall–Kier alpha value is -2.15. The van der Waals surface area contributed by atoms with Crippen molar-refractivity contribution in [1.82, 2.24) is 0 Å². The SMILES string of the molecule is Cc1ccccc1OC(=O)C1=C(N)C=NS1(=O)=O. The third-order valence-electron chi connectivity index (χ3n) is 2.33. The summed E-state index contributed by atoms with van der Waals surface area (Å²) in [5, 5.41) is 0. The summed E-state index contributed by atoms with van der Waals surface area (Å²) in [5.41, 5.74) is 5.89. The Kier molecular flexibility index (Phi) is 2.92. The van der Waals surface area contributed by atoms with Crippen LogP contribution < -0.4 is 10.5 Å². The summed E-state index contributed by atoms with van der Waals surface area (Å²) in [6.07, 6.45) is 0.920. The van der Waals surface area contributed by atoms with Crippen molar-refractivity contribution in [3.05, 3.63) is 40.4 Å². The van der Waals surface area contributed by atoms with E-state index in [0.29, 0.717) is 5.56 Å². The van der Waals surface area contributed by atoms with Gasteiger partial charge in [0, 0.05) is 0 Å². The summed E-state index contributed by atoms with van der Waals surface area (Å²) in [6, 6.07) is 6.75. The third-order valence-corrected chi connectivity index (χ3v) is 3.63. The second-order valence-corrected chi connectivity index (χ2v) is 5.22. The lowest BCUT2D eigenvalue weighted by atomic mass is 10.2. The van der Waals surface area contributed by atoms with Crippen LogP contribution in [0.25, 0.3) is 0 Å². The number of rotatable bonds is 2. The number of nitrogens with two attached hydrogens (primary N) is 1. The van der Waals surface area contributed by atoms with E-state index >= 15 is 0 Å². The number of esters is 1. The fraction of sp³-hybridized carbons (Fsp3) is 0.0909. The molecule has 1 aliphatic heterocycles. The van der Waals surface area contributed by atoms with Gasteiger partial charge in [0.15, 0.2) is 4.91 Å². The predicted molar refractivity (Wildman–Crippen MR) is 65.4 cm³/mol. The number of ether oxygens (including phenoxy) is 1. The number of allylic oxidation sites excluding steroid dienone is 1. The normalized spacial score (nSPS) is 16.9. The van der Waals surface area contributed by atoms with E-state index in [0.717, 1.165) is 6.21 Å². The van der Waals surface area contributed by atoms with Crippen molar-refractivity contribution < 1.29 is 17.9 Å². The zero-order chi connectivity index (χ0) is 13.3. The predicted octanol–water partition coefficient (Wildman–Crippen LogP) is 0.485. The first-order valence-corrected chi connectivity index (χ1v) is 6.44. The standard InChI is InChI=1S/C11H10N2O4S/c1-7-4-2-3-5-9(7)17-11(14)10-8(12)6-13-18(10,15)16/h2-6H,12H2,1H3. The molecule has 1 heterocycles. The lowest BCUT2D eigenvalue weighted by Gasteiger charge is -2.07. The molecule has 0 aromatic heterocycles. The Bertz CT molecular complexity index is 674. The molecule has 0 saturated carbocycles. The van der Waals surface area contributed by atoms with Crippen LogP contribution in [0.3, 0.4) is 0 Å². The Balaban J connectivity index is 2.31. The number of hydrogen-bond donors (Lipinski definition) is 1. The van der Waals surface area contributed by atoms with Crippen LogP contribution in [-0.2, 0) is 14.8 Å². The molecule has 2 rings (SSSR count). The third kappa shape index (κ3) is 2.12. The van der Waals surface area contributed by atoms with Crippen LogP contribution in [-0.4, -0.2) is 20.6 Å². The molecular weight excluding hydrogens is 256 g/mol. The van der Waals surface area contributed by atoms with Crippen LogP contribution >= 0.6 is 0 Å². The number of benzene rings is 1. The summed E-state index contributed by atoms with van der Waals surface area (Å²) >= 11 is 0. The molecule has 0 unspecified atom stereocenters. The van der Waals surface area contributed by atoms with Gasteiger partial charge in [0.25, 0.3) is 10.0 Å². The molecule has 2 N–H and O–H groups in total. The minimum absolute atomic E-state index is 0.214. The highest BCUT2D eigenvalue weighted by molar-refractivity contribution is 7.95. The van der Waals surface area contributed by atoms with E-state index in [9.17, 15) is 13.2 Å². The molecule has 1 aromatic carbocycles. The van der Waals surface area contributed by atoms with E-state index in [1.54, 1.807) is 31.2 Å². The minimum Gasteiger partial charge on any atom is -0.422 e. The van der Waals surface area contributed by atoms with Crippen LogP contribution in [0.15, 0.2) is 39.3 Å². The highest BCUT2D eigenvalue weighted by atomic mass is 32.2. The molecule has 0 fully saturated rings. The van der Waals surface area contributed by atoms with Gasteiger partial charge in [-0.3, -0.25) is 0 Å². The topological polar surface area (TPSA) is 98.8 Å². The average Bonchev–Trinajstić information content (AvgIpc) is 2.56. The van der Waals surface area contributed by atoms with Gasteiger partial charge >= 0.3 is 5.97 Å². The van der Waals surface area contributed by atoms with Crippen molar-refractivity contribution >= 4 is 22.2 Å². The quantitative estimate of drug-likeness (QED) is 0.620. The molecule has 0 amide bonds. The van der Waals surface area contributed by atoms with Crippen LogP contribution in [0, 0.1) is 6.92 Å². The summed E-state index contributed by atoms with van der Waals surface area (Å²) in [4.78, 5) is 11.2. The second-order valence-electron chi connectivity index (χ2n) is 3.65. The Labute approximate surface area is 104 Å². The molecule has 94 valence electrons. The number of hydrogen-bond acceptors (Lipinski definition) is 5. The molecule has 0 atom stereocenters. The highest BCUT2D eigenvalue weighted by Crippen LogP contribution is 2.22. The van der Waals surface area contributed by atoms with E-state index in [1.165, 1.54) is 0 Å². The van der Waals surface area contributed by atoms with Gasteiger partial charge < -0.3 is 10.5 Å². The molecule has 18 heavy (non-hydrogen) atoms. The number of carbonyl (C=O) groups is 1. The van der Waals surface area contributed by atoms with Gasteiger partial charge in [-0.1, -0.05) is 18.2 Å². The van der Waals surface area contributed by atoms with Crippen molar-refractivity contribution in [2.45, 2.75) is 6.92 Å². The number of para-hydroxylation sites is 1. The van der Waals surface area contributed by atoms with Gasteiger partial charge in [-0.15, -0.1) is 0 Å². The van der Waals surface area contributed by atoms with Crippen molar-refractivity contribution in [2.24, 2.45) is 10.1 Å². The lowest BCUT2D eigenvalue weighted by Crippen LogP contribution is -2.19. The summed E-state index contributed by atoms with van der Waals surface area (Å²) in [6.45, 7) is 1.74. The number of aryl methyl sites for hydroxylation is 1. The summed E-state index contributed by atoms with van der Waals surface area (Å²) < 4.78 is 31.1. The molecular formula is C11H10N2O4S. The maximum absolute atomic E-state index is 11.8. The molecule has 0 aliphatic carbocycles. The van der Waals surface area contributed by atoms with Crippen LogP contribution in [0.5, 0.6) is 5.75 Å². The molecule has 0 spiro atoms. The molecule has 7 heteroatoms. The highest BCUT2D eigenvalue weighted by Gasteiger charge is 2.33. The number of nitrogens with zero attached hydrogens (tertiary/aromatic N) is 1. The van der Waals surface area contributed by atoms with Gasteiger partial charge in [0.05, 0.1) is 11.9 Å². The van der Waals surface area contributed by atoms with E-state index in [2.05, 4.69) is 4.40 Å². The Morgan fingerprint density at radius 2 is 2.00 bits per heavy atom. The van der Waals surface area contributed by atoms with E-state index in [-0.39, 0.29) is 11.4 Å². The van der Waals surface area contributed by atoms with Crippen LogP contribution in [0.2, 0.25) is 0 Å². The number of carbonyl (C=O) groups excluding carboxylic acids is 1. The lowest BCUT2D eigenvalue weighted by molar-refractivity contribution is -0.129. The second kappa shape index (κ2) is 4.26. The van der Waals surface area contributed by atoms with Crippen molar-refractivity contribution in [2.75, 3.05) is 0 Å². The van der Waals surface area contributed by atoms with E-state index in [1.807, 2.05) is 0 Å². The molecule has 1 aliphatic rings. The van der Waals surface area contributed by atoms with Crippen molar-refractivity contribution in [1.29, 1.82) is 0 Å². The van der Waals surface area contributed by atoms with Gasteiger partial charge in [-0.2, -0.15) is 12.8 Å². The smallest absolute Gasteiger partial charge is 0.359 e. The summed E-state index contributed by atoms with van der Waals surface area (Å²) in [5.74, 6) is -0.746. The fourth-order valence-corrected chi connectivity index (χ4v) is 2.39. The van der Waals surface area contributed by atoms with Crippen molar-refractivity contribution in [3.63, 3.8) is 0 Å². The molecule has 0 saturated heterocycles. The molecule has 0 radical (unpaired) electrons. The maximum atomic E-state index is 11.8. The largest absolute Gasteiger partial charge is 0.422 e. The minimum atomic E-state index is -4.02. The van der Waals surface area contributed by atoms with Crippen LogP contribution in [0.4, 0.5) is 0 Å². The molecule has 6 nitrogen and oxygen atoms in total. The van der Waals surface area contributed by atoms with Gasteiger partial charge in [-0.25, -0.2) is 4.79 Å². The van der Waals surface area contributed by atoms with E-state index in [4.69, 9.17) is 10.5 Å². The van der Waals surface area contributed by atoms with Gasteiger partial charge in [-0.05, 0) is 18.6 Å². The Morgan fingerprint density at radius 1 is 1.33 bits per heavy atom. The maximum Gasteiger partial charge on any atom is 0.359 e. The monoisotopic (exact) mass is 266 g/mol. The average molecular weight is 266 g/mol. The summed E-state index contributed by atoms with van der Waals surface area (Å²) in [7, 11) is -4.02. The molecule has 1 aromatic rings. The molecule has 0 bridgehead atoms. The number of sulfonamides is 1. The van der Waals surface area contributed by atoms with E-state index < -0.39 is 20.9 Å². The van der Waals surface area contributed by atoms with Crippen LogP contribution in [0.1, 0.15) is 5.56 Å². The first-order chi connectivity index (χ1) is 8.42. The van der Waals surface area contributed by atoms with Gasteiger partial charge in [0.2, 0.25) is 0 Å². The zero-order valence-corrected chi connectivity index (χ0v) is 10.3. The Morgan fingerprint density at radius 3 is 2.56 bits per heavy atom. The first kappa shape index (κ1) is 12.3. The van der Waals surface area contributed by atoms with Crippen molar-refractivity contribution in [3.8, 4) is 5.75 Å².